The molecule has 0 spiro atoms. The van der Waals surface area contributed by atoms with E-state index in [0.717, 1.165) is 16.6 Å². The summed E-state index contributed by atoms with van der Waals surface area (Å²) in [7, 11) is 2.57. The molecule has 2 N–H and O–H groups in total. The Morgan fingerprint density at radius 3 is 2.46 bits per heavy atom. The van der Waals surface area contributed by atoms with Gasteiger partial charge in [0.2, 0.25) is 11.8 Å². The number of hydrogen-bond donors (Lipinski definition) is 1. The quantitative estimate of drug-likeness (QED) is 0.523. The summed E-state index contributed by atoms with van der Waals surface area (Å²) in [6.45, 7) is 1.88. The van der Waals surface area contributed by atoms with Crippen molar-refractivity contribution >= 4 is 20.0 Å². The number of rotatable bonds is 5. The first-order chi connectivity index (χ1) is 13.5. The van der Waals surface area contributed by atoms with E-state index in [2.05, 4.69) is 24.5 Å². The number of hydrogen-bond acceptors (Lipinski definition) is 6. The van der Waals surface area contributed by atoms with Crippen LogP contribution < -0.4 is 11.3 Å². The molecule has 8 heteroatoms. The third-order valence-electron chi connectivity index (χ3n) is 4.58. The molecule has 0 aliphatic heterocycles. The maximum atomic E-state index is 13.0. The lowest BCUT2D eigenvalue weighted by Crippen LogP contribution is -2.35. The van der Waals surface area contributed by atoms with Gasteiger partial charge in [-0.1, -0.05) is 48.5 Å². The number of benzene rings is 2. The Bertz CT molecular complexity index is 1180. The van der Waals surface area contributed by atoms with Crippen LogP contribution in [0.25, 0.3) is 22.0 Å². The third kappa shape index (κ3) is 3.35. The Morgan fingerprint density at radius 1 is 1.07 bits per heavy atom. The first-order valence-corrected chi connectivity index (χ1v) is 9.68. The highest BCUT2D eigenvalue weighted by Crippen LogP contribution is 2.24. The lowest BCUT2D eigenvalue weighted by molar-refractivity contribution is 0.355. The summed E-state index contributed by atoms with van der Waals surface area (Å²) >= 11 is 0. The Hall–Kier alpha value is -2.89. The molecule has 1 unspecified atom stereocenters. The molecule has 0 saturated heterocycles. The Balaban J connectivity index is 1.82. The fourth-order valence-electron chi connectivity index (χ4n) is 2.92. The van der Waals surface area contributed by atoms with Gasteiger partial charge in [0.15, 0.2) is 0 Å². The molecule has 4 rings (SSSR count). The molecule has 2 aromatic carbocycles. The second-order valence-electron chi connectivity index (χ2n) is 6.85. The van der Waals surface area contributed by atoms with Crippen molar-refractivity contribution in [3.05, 3.63) is 76.7 Å². The standard InChI is InChI=1S/C20H20N5O2P/c1-20(21,12-28)19-23-22-16(27-19)11-25-18(26)15-10-6-5-9-14(15)17(24-25)13-7-3-2-4-8-13/h2-10H,11-12,21,28H2,1H3/t20-/m1/s1. The minimum Gasteiger partial charge on any atom is -0.421 e. The van der Waals surface area contributed by atoms with Crippen LogP contribution >= 0.6 is 9.24 Å². The molecular formula is C20H20N5O2P. The van der Waals surface area contributed by atoms with E-state index in [1.54, 1.807) is 6.07 Å². The van der Waals surface area contributed by atoms with E-state index in [9.17, 15) is 4.79 Å². The number of nitrogens with zero attached hydrogens (tertiary/aromatic N) is 4. The van der Waals surface area contributed by atoms with Crippen LogP contribution in [0.2, 0.25) is 0 Å². The summed E-state index contributed by atoms with van der Waals surface area (Å²) < 4.78 is 7.05. The van der Waals surface area contributed by atoms with Gasteiger partial charge < -0.3 is 10.2 Å². The van der Waals surface area contributed by atoms with Gasteiger partial charge >= 0.3 is 0 Å². The summed E-state index contributed by atoms with van der Waals surface area (Å²) in [5, 5.41) is 14.1. The molecule has 2 aromatic heterocycles. The zero-order valence-electron chi connectivity index (χ0n) is 15.4. The highest BCUT2D eigenvalue weighted by atomic mass is 31.0. The van der Waals surface area contributed by atoms with Gasteiger partial charge in [-0.25, -0.2) is 4.68 Å². The summed E-state index contributed by atoms with van der Waals surface area (Å²) in [5.41, 5.74) is 6.85. The number of fused-ring (bicyclic) bond motifs is 1. The normalized spacial score (nSPS) is 13.5. The van der Waals surface area contributed by atoms with Crippen molar-refractivity contribution in [2.75, 3.05) is 6.16 Å². The van der Waals surface area contributed by atoms with E-state index in [1.807, 2.05) is 55.5 Å². The fourth-order valence-corrected chi connectivity index (χ4v) is 3.09. The molecule has 142 valence electrons. The highest BCUT2D eigenvalue weighted by molar-refractivity contribution is 7.16. The van der Waals surface area contributed by atoms with Crippen molar-refractivity contribution in [3.63, 3.8) is 0 Å². The molecule has 0 aliphatic carbocycles. The zero-order valence-corrected chi connectivity index (χ0v) is 16.5. The Morgan fingerprint density at radius 2 is 1.75 bits per heavy atom. The van der Waals surface area contributed by atoms with Crippen molar-refractivity contribution in [2.45, 2.75) is 19.0 Å². The smallest absolute Gasteiger partial charge is 0.275 e. The van der Waals surface area contributed by atoms with Gasteiger partial charge in [0.25, 0.3) is 5.56 Å². The molecule has 0 amide bonds. The molecule has 0 bridgehead atoms. The van der Waals surface area contributed by atoms with Crippen LogP contribution in [0.1, 0.15) is 18.7 Å². The third-order valence-corrected chi connectivity index (χ3v) is 5.43. The number of aromatic nitrogens is 4. The fraction of sp³-hybridized carbons (Fsp3) is 0.200. The maximum Gasteiger partial charge on any atom is 0.275 e. The topological polar surface area (TPSA) is 99.8 Å². The van der Waals surface area contributed by atoms with Gasteiger partial charge in [0.05, 0.1) is 16.6 Å². The largest absolute Gasteiger partial charge is 0.421 e. The van der Waals surface area contributed by atoms with Crippen LogP contribution in [0.15, 0.2) is 63.8 Å². The van der Waals surface area contributed by atoms with Crippen LogP contribution in [-0.2, 0) is 12.1 Å². The minimum atomic E-state index is -0.743. The SMILES string of the molecule is C[C@@](N)(CP)c1nnc(Cn2nc(-c3ccccc3)c3ccccc3c2=O)o1. The van der Waals surface area contributed by atoms with Crippen LogP contribution in [0.3, 0.4) is 0 Å². The van der Waals surface area contributed by atoms with E-state index < -0.39 is 5.54 Å². The van der Waals surface area contributed by atoms with E-state index in [1.165, 1.54) is 4.68 Å². The average Bonchev–Trinajstić information content (AvgIpc) is 3.20. The molecule has 0 fully saturated rings. The molecule has 2 atom stereocenters. The van der Waals surface area contributed by atoms with Crippen LogP contribution in [-0.4, -0.2) is 26.1 Å². The van der Waals surface area contributed by atoms with Gasteiger partial charge in [-0.2, -0.15) is 5.10 Å². The van der Waals surface area contributed by atoms with Crippen molar-refractivity contribution < 1.29 is 4.42 Å². The first-order valence-electron chi connectivity index (χ1n) is 8.87. The van der Waals surface area contributed by atoms with E-state index >= 15 is 0 Å². The second kappa shape index (κ2) is 7.26. The van der Waals surface area contributed by atoms with Crippen molar-refractivity contribution in [1.29, 1.82) is 0 Å². The average molecular weight is 393 g/mol. The molecule has 0 saturated carbocycles. The highest BCUT2D eigenvalue weighted by Gasteiger charge is 2.26. The van der Waals surface area contributed by atoms with Crippen molar-refractivity contribution in [1.82, 2.24) is 20.0 Å². The van der Waals surface area contributed by atoms with E-state index in [0.29, 0.717) is 17.4 Å². The number of nitrogens with two attached hydrogens (primary N) is 1. The molecular weight excluding hydrogens is 373 g/mol. The molecule has 0 aliphatic rings. The molecule has 28 heavy (non-hydrogen) atoms. The lowest BCUT2D eigenvalue weighted by atomic mass is 10.1. The van der Waals surface area contributed by atoms with Crippen LogP contribution in [0.4, 0.5) is 0 Å². The predicted molar refractivity (Wildman–Crippen MR) is 111 cm³/mol. The van der Waals surface area contributed by atoms with E-state index in [4.69, 9.17) is 10.2 Å². The van der Waals surface area contributed by atoms with Gasteiger partial charge in [-0.3, -0.25) is 4.79 Å². The summed E-state index contributed by atoms with van der Waals surface area (Å²) in [6.07, 6.45) is 0.570. The van der Waals surface area contributed by atoms with E-state index in [-0.39, 0.29) is 18.0 Å². The minimum absolute atomic E-state index is 0.0729. The van der Waals surface area contributed by atoms with Gasteiger partial charge in [0.1, 0.15) is 6.54 Å². The van der Waals surface area contributed by atoms with Crippen LogP contribution in [0.5, 0.6) is 0 Å². The zero-order chi connectivity index (χ0) is 19.7. The first kappa shape index (κ1) is 18.5. The second-order valence-corrected chi connectivity index (χ2v) is 7.25. The maximum absolute atomic E-state index is 13.0. The van der Waals surface area contributed by atoms with Crippen LogP contribution in [0, 0.1) is 0 Å². The van der Waals surface area contributed by atoms with Gasteiger partial charge in [-0.15, -0.1) is 19.4 Å². The van der Waals surface area contributed by atoms with Gasteiger partial charge in [0, 0.05) is 10.9 Å². The Kier molecular flexibility index (Phi) is 4.79. The molecule has 7 nitrogen and oxygen atoms in total. The lowest BCUT2D eigenvalue weighted by Gasteiger charge is -2.16. The molecule has 0 radical (unpaired) electrons. The van der Waals surface area contributed by atoms with Crippen molar-refractivity contribution in [3.8, 4) is 11.3 Å². The summed E-state index contributed by atoms with van der Waals surface area (Å²) in [4.78, 5) is 13.0. The molecule has 2 heterocycles. The summed E-state index contributed by atoms with van der Waals surface area (Å²) in [5.74, 6) is 0.614. The monoisotopic (exact) mass is 393 g/mol. The van der Waals surface area contributed by atoms with Gasteiger partial charge in [-0.05, 0) is 19.2 Å². The van der Waals surface area contributed by atoms with Crippen molar-refractivity contribution in [2.24, 2.45) is 5.73 Å². The Labute approximate surface area is 163 Å². The predicted octanol–water partition coefficient (Wildman–Crippen LogP) is 2.54. The summed E-state index contributed by atoms with van der Waals surface area (Å²) in [6, 6.07) is 17.2. The molecule has 4 aromatic rings.